The highest BCUT2D eigenvalue weighted by Gasteiger charge is 2.23. The number of phenols is 1. The van der Waals surface area contributed by atoms with E-state index in [9.17, 15) is 22.7 Å². The van der Waals surface area contributed by atoms with Gasteiger partial charge in [-0.05, 0) is 48.9 Å². The Bertz CT molecular complexity index is 851. The first-order valence-corrected chi connectivity index (χ1v) is 8.45. The van der Waals surface area contributed by atoms with Gasteiger partial charge in [0.2, 0.25) is 15.9 Å². The number of carbonyl (C=O) groups is 1. The predicted molar refractivity (Wildman–Crippen MR) is 87.7 cm³/mol. The van der Waals surface area contributed by atoms with Crippen molar-refractivity contribution in [1.29, 1.82) is 0 Å². The standard InChI is InChI=1S/C16H17FN2O4S/c1-11-3-8-14(15(20)9-11)18-16(21)10-19(2)24(22,23)13-6-4-12(17)5-7-13/h3-9,20H,10H2,1-2H3,(H,18,21). The van der Waals surface area contributed by atoms with Gasteiger partial charge in [0.05, 0.1) is 17.1 Å². The van der Waals surface area contributed by atoms with E-state index in [1.807, 2.05) is 0 Å². The van der Waals surface area contributed by atoms with Gasteiger partial charge in [-0.1, -0.05) is 6.07 Å². The molecule has 0 spiro atoms. The summed E-state index contributed by atoms with van der Waals surface area (Å²) in [4.78, 5) is 11.9. The van der Waals surface area contributed by atoms with Crippen LogP contribution in [0.15, 0.2) is 47.4 Å². The van der Waals surface area contributed by atoms with Crippen molar-refractivity contribution in [2.45, 2.75) is 11.8 Å². The van der Waals surface area contributed by atoms with E-state index in [2.05, 4.69) is 5.32 Å². The van der Waals surface area contributed by atoms with E-state index in [-0.39, 0.29) is 16.3 Å². The minimum atomic E-state index is -3.92. The molecule has 2 N–H and O–H groups in total. The summed E-state index contributed by atoms with van der Waals surface area (Å²) in [5.41, 5.74) is 1.01. The lowest BCUT2D eigenvalue weighted by Gasteiger charge is -2.17. The summed E-state index contributed by atoms with van der Waals surface area (Å²) in [5.74, 6) is -1.26. The van der Waals surface area contributed by atoms with E-state index in [0.29, 0.717) is 0 Å². The number of nitrogens with zero attached hydrogens (tertiary/aromatic N) is 1. The van der Waals surface area contributed by atoms with Gasteiger partial charge in [0.15, 0.2) is 0 Å². The summed E-state index contributed by atoms with van der Waals surface area (Å²) in [5, 5.41) is 12.2. The van der Waals surface area contributed by atoms with E-state index in [1.165, 1.54) is 19.2 Å². The second-order valence-corrected chi connectivity index (χ2v) is 7.33. The molecule has 128 valence electrons. The van der Waals surface area contributed by atoms with Crippen LogP contribution in [0.4, 0.5) is 10.1 Å². The number of hydrogen-bond acceptors (Lipinski definition) is 4. The molecular weight excluding hydrogens is 335 g/mol. The smallest absolute Gasteiger partial charge is 0.243 e. The topological polar surface area (TPSA) is 86.7 Å². The third-order valence-electron chi connectivity index (χ3n) is 3.32. The van der Waals surface area contributed by atoms with Crippen molar-refractivity contribution in [1.82, 2.24) is 4.31 Å². The molecular formula is C16H17FN2O4S. The number of phenolic OH excluding ortho intramolecular Hbond substituents is 1. The van der Waals surface area contributed by atoms with Crippen molar-refractivity contribution in [3.8, 4) is 5.75 Å². The molecule has 8 heteroatoms. The number of amides is 1. The minimum absolute atomic E-state index is 0.104. The molecule has 1 amide bonds. The average molecular weight is 352 g/mol. The first-order valence-electron chi connectivity index (χ1n) is 7.01. The van der Waals surface area contributed by atoms with Gasteiger partial charge in [-0.3, -0.25) is 4.79 Å². The van der Waals surface area contributed by atoms with Crippen LogP contribution in [0.3, 0.4) is 0 Å². The van der Waals surface area contributed by atoms with Gasteiger partial charge < -0.3 is 10.4 Å². The van der Waals surface area contributed by atoms with Crippen molar-refractivity contribution < 1.29 is 22.7 Å². The maximum absolute atomic E-state index is 12.9. The van der Waals surface area contributed by atoms with Crippen LogP contribution >= 0.6 is 0 Å². The van der Waals surface area contributed by atoms with Gasteiger partial charge in [0.25, 0.3) is 0 Å². The Morgan fingerprint density at radius 1 is 1.21 bits per heavy atom. The second-order valence-electron chi connectivity index (χ2n) is 5.28. The third-order valence-corrected chi connectivity index (χ3v) is 5.13. The molecule has 0 aliphatic carbocycles. The molecule has 0 aromatic heterocycles. The highest BCUT2D eigenvalue weighted by Crippen LogP contribution is 2.24. The molecule has 24 heavy (non-hydrogen) atoms. The molecule has 2 rings (SSSR count). The van der Waals surface area contributed by atoms with Gasteiger partial charge >= 0.3 is 0 Å². The zero-order valence-corrected chi connectivity index (χ0v) is 14.0. The van der Waals surface area contributed by atoms with Crippen LogP contribution in [0, 0.1) is 12.7 Å². The van der Waals surface area contributed by atoms with Gasteiger partial charge in [-0.15, -0.1) is 0 Å². The summed E-state index contributed by atoms with van der Waals surface area (Å²) in [7, 11) is -2.67. The molecule has 6 nitrogen and oxygen atoms in total. The summed E-state index contributed by atoms with van der Waals surface area (Å²) >= 11 is 0. The molecule has 0 heterocycles. The molecule has 0 saturated carbocycles. The van der Waals surface area contributed by atoms with Crippen LogP contribution in [0.5, 0.6) is 5.75 Å². The van der Waals surface area contributed by atoms with Crippen LogP contribution in [0.25, 0.3) is 0 Å². The SMILES string of the molecule is Cc1ccc(NC(=O)CN(C)S(=O)(=O)c2ccc(F)cc2)c(O)c1. The van der Waals surface area contributed by atoms with E-state index >= 15 is 0 Å². The zero-order valence-electron chi connectivity index (χ0n) is 13.2. The van der Waals surface area contributed by atoms with Crippen molar-refractivity contribution in [3.63, 3.8) is 0 Å². The van der Waals surface area contributed by atoms with Crippen LogP contribution in [0.2, 0.25) is 0 Å². The minimum Gasteiger partial charge on any atom is -0.506 e. The molecule has 2 aromatic carbocycles. The Morgan fingerprint density at radius 2 is 1.83 bits per heavy atom. The fraction of sp³-hybridized carbons (Fsp3) is 0.188. The molecule has 0 bridgehead atoms. The van der Waals surface area contributed by atoms with Crippen molar-refractivity contribution in [2.24, 2.45) is 0 Å². The molecule has 0 aliphatic heterocycles. The lowest BCUT2D eigenvalue weighted by atomic mass is 10.2. The summed E-state index contributed by atoms with van der Waals surface area (Å²) < 4.78 is 38.4. The Labute approximate surface area is 139 Å². The highest BCUT2D eigenvalue weighted by molar-refractivity contribution is 7.89. The van der Waals surface area contributed by atoms with Crippen molar-refractivity contribution in [3.05, 3.63) is 53.8 Å². The largest absolute Gasteiger partial charge is 0.506 e. The summed E-state index contributed by atoms with van der Waals surface area (Å²) in [6, 6.07) is 9.03. The summed E-state index contributed by atoms with van der Waals surface area (Å²) in [6.45, 7) is 1.33. The van der Waals surface area contributed by atoms with Crippen LogP contribution < -0.4 is 5.32 Å². The Kier molecular flexibility index (Phi) is 5.20. The molecule has 0 aliphatic rings. The number of rotatable bonds is 5. The normalized spacial score (nSPS) is 11.5. The molecule has 2 aromatic rings. The van der Waals surface area contributed by atoms with Gasteiger partial charge in [0, 0.05) is 7.05 Å². The van der Waals surface area contributed by atoms with Crippen LogP contribution in [-0.2, 0) is 14.8 Å². The Morgan fingerprint density at radius 3 is 2.42 bits per heavy atom. The van der Waals surface area contributed by atoms with E-state index in [0.717, 1.165) is 34.1 Å². The number of carbonyl (C=O) groups excluding carboxylic acids is 1. The number of benzene rings is 2. The van der Waals surface area contributed by atoms with Gasteiger partial charge in [0.1, 0.15) is 11.6 Å². The van der Waals surface area contributed by atoms with Gasteiger partial charge in [-0.25, -0.2) is 12.8 Å². The second kappa shape index (κ2) is 6.98. The maximum atomic E-state index is 12.9. The fourth-order valence-electron chi connectivity index (χ4n) is 2.01. The maximum Gasteiger partial charge on any atom is 0.243 e. The number of aromatic hydroxyl groups is 1. The average Bonchev–Trinajstić information content (AvgIpc) is 2.50. The third kappa shape index (κ3) is 4.09. The molecule has 0 saturated heterocycles. The number of nitrogens with one attached hydrogen (secondary N) is 1. The molecule has 0 unspecified atom stereocenters. The van der Waals surface area contributed by atoms with Gasteiger partial charge in [-0.2, -0.15) is 4.31 Å². The molecule has 0 atom stereocenters. The quantitative estimate of drug-likeness (QED) is 0.807. The lowest BCUT2D eigenvalue weighted by molar-refractivity contribution is -0.116. The molecule has 0 fully saturated rings. The number of aryl methyl sites for hydroxylation is 1. The zero-order chi connectivity index (χ0) is 17.9. The predicted octanol–water partition coefficient (Wildman–Crippen LogP) is 2.10. The number of anilines is 1. The van der Waals surface area contributed by atoms with E-state index in [4.69, 9.17) is 0 Å². The number of halogens is 1. The van der Waals surface area contributed by atoms with Crippen molar-refractivity contribution in [2.75, 3.05) is 18.9 Å². The first-order chi connectivity index (χ1) is 11.2. The van der Waals surface area contributed by atoms with Crippen LogP contribution in [0.1, 0.15) is 5.56 Å². The number of hydrogen-bond donors (Lipinski definition) is 2. The molecule has 0 radical (unpaired) electrons. The monoisotopic (exact) mass is 352 g/mol. The van der Waals surface area contributed by atoms with E-state index in [1.54, 1.807) is 13.0 Å². The number of likely N-dealkylation sites (N-methyl/N-ethyl adjacent to an activating group) is 1. The first kappa shape index (κ1) is 17.9. The summed E-state index contributed by atoms with van der Waals surface area (Å²) in [6.07, 6.45) is 0. The fourth-order valence-corrected chi connectivity index (χ4v) is 3.14. The lowest BCUT2D eigenvalue weighted by Crippen LogP contribution is -2.35. The van der Waals surface area contributed by atoms with Crippen molar-refractivity contribution >= 4 is 21.6 Å². The number of sulfonamides is 1. The Hall–Kier alpha value is -2.45. The van der Waals surface area contributed by atoms with E-state index < -0.39 is 28.3 Å². The Balaban J connectivity index is 2.09. The highest BCUT2D eigenvalue weighted by atomic mass is 32.2. The van der Waals surface area contributed by atoms with Crippen LogP contribution in [-0.4, -0.2) is 37.3 Å².